The summed E-state index contributed by atoms with van der Waals surface area (Å²) in [7, 11) is 0. The molecule has 1 aliphatic carbocycles. The summed E-state index contributed by atoms with van der Waals surface area (Å²) >= 11 is 0. The summed E-state index contributed by atoms with van der Waals surface area (Å²) in [6, 6.07) is 3.90. The van der Waals surface area contributed by atoms with Gasteiger partial charge in [-0.2, -0.15) is 0 Å². The molecule has 1 fully saturated rings. The molecule has 0 spiro atoms. The lowest BCUT2D eigenvalue weighted by atomic mass is 9.98. The van der Waals surface area contributed by atoms with Crippen LogP contribution in [0, 0.1) is 0 Å². The van der Waals surface area contributed by atoms with Gasteiger partial charge in [0.1, 0.15) is 0 Å². The van der Waals surface area contributed by atoms with Crippen molar-refractivity contribution in [2.24, 2.45) is 0 Å². The van der Waals surface area contributed by atoms with Crippen molar-refractivity contribution in [2.45, 2.75) is 57.5 Å². The van der Waals surface area contributed by atoms with Crippen LogP contribution in [0.4, 0.5) is 0 Å². The van der Waals surface area contributed by atoms with Crippen LogP contribution in [0.5, 0.6) is 0 Å². The first kappa shape index (κ1) is 16.0. The Morgan fingerprint density at radius 2 is 2.19 bits per heavy atom. The number of amides is 1. The van der Waals surface area contributed by atoms with Crippen molar-refractivity contribution in [2.75, 3.05) is 13.2 Å². The molecular formula is C17H26N2O2. The van der Waals surface area contributed by atoms with Crippen molar-refractivity contribution in [3.05, 3.63) is 30.1 Å². The van der Waals surface area contributed by atoms with Gasteiger partial charge >= 0.3 is 0 Å². The Bertz CT molecular complexity index is 403. The monoisotopic (exact) mass is 290 g/mol. The van der Waals surface area contributed by atoms with E-state index in [4.69, 9.17) is 4.74 Å². The van der Waals surface area contributed by atoms with E-state index in [1.165, 1.54) is 32.1 Å². The minimum absolute atomic E-state index is 0.108. The van der Waals surface area contributed by atoms with Gasteiger partial charge in [-0.05, 0) is 37.3 Å². The fourth-order valence-corrected chi connectivity index (χ4v) is 2.67. The van der Waals surface area contributed by atoms with E-state index in [0.29, 0.717) is 19.1 Å². The average molecular weight is 290 g/mol. The predicted octanol–water partition coefficient (Wildman–Crippen LogP) is 2.87. The molecule has 0 aliphatic heterocycles. The average Bonchev–Trinajstić information content (AvgIpc) is 2.54. The third-order valence-corrected chi connectivity index (χ3v) is 3.91. The Morgan fingerprint density at radius 1 is 1.33 bits per heavy atom. The predicted molar refractivity (Wildman–Crippen MR) is 83.0 cm³/mol. The zero-order valence-electron chi connectivity index (χ0n) is 12.7. The highest BCUT2D eigenvalue weighted by Crippen LogP contribution is 2.20. The molecule has 1 aliphatic rings. The van der Waals surface area contributed by atoms with Crippen LogP contribution in [0.25, 0.3) is 0 Å². The van der Waals surface area contributed by atoms with Gasteiger partial charge in [-0.3, -0.25) is 9.78 Å². The van der Waals surface area contributed by atoms with E-state index in [-0.39, 0.29) is 5.91 Å². The molecule has 1 saturated carbocycles. The molecule has 0 unspecified atom stereocenters. The van der Waals surface area contributed by atoms with Gasteiger partial charge in [0.05, 0.1) is 6.10 Å². The number of rotatable bonds is 8. The number of hydrogen-bond acceptors (Lipinski definition) is 3. The molecule has 1 N–H and O–H groups in total. The molecule has 1 heterocycles. The Hall–Kier alpha value is -1.42. The third kappa shape index (κ3) is 6.71. The zero-order chi connectivity index (χ0) is 14.8. The Morgan fingerprint density at radius 3 is 2.95 bits per heavy atom. The maximum Gasteiger partial charge on any atom is 0.220 e. The Balaban J connectivity index is 1.47. The molecule has 4 nitrogen and oxygen atoms in total. The Kier molecular flexibility index (Phi) is 7.22. The first-order valence-corrected chi connectivity index (χ1v) is 8.12. The number of aromatic nitrogens is 1. The fourth-order valence-electron chi connectivity index (χ4n) is 2.67. The Labute approximate surface area is 127 Å². The van der Waals surface area contributed by atoms with Crippen molar-refractivity contribution < 1.29 is 9.53 Å². The standard InChI is InChI=1S/C17H26N2O2/c20-17(10-9-15-6-4-11-18-14-15)19-12-5-13-21-16-7-2-1-3-8-16/h4,6,11,14,16H,1-3,5,7-10,12-13H2,(H,19,20). The summed E-state index contributed by atoms with van der Waals surface area (Å²) in [6.07, 6.45) is 12.6. The van der Waals surface area contributed by atoms with E-state index >= 15 is 0 Å². The van der Waals surface area contributed by atoms with Crippen LogP contribution >= 0.6 is 0 Å². The lowest BCUT2D eigenvalue weighted by molar-refractivity contribution is -0.121. The molecule has 116 valence electrons. The minimum Gasteiger partial charge on any atom is -0.378 e. The molecule has 0 atom stereocenters. The van der Waals surface area contributed by atoms with Crippen LogP contribution in [0.15, 0.2) is 24.5 Å². The summed E-state index contributed by atoms with van der Waals surface area (Å²) in [6.45, 7) is 1.46. The van der Waals surface area contributed by atoms with E-state index in [1.54, 1.807) is 6.20 Å². The second-order valence-electron chi connectivity index (χ2n) is 5.70. The summed E-state index contributed by atoms with van der Waals surface area (Å²) in [5.74, 6) is 0.108. The van der Waals surface area contributed by atoms with Gasteiger partial charge in [-0.15, -0.1) is 0 Å². The highest BCUT2D eigenvalue weighted by atomic mass is 16.5. The highest BCUT2D eigenvalue weighted by molar-refractivity contribution is 5.76. The molecule has 21 heavy (non-hydrogen) atoms. The second kappa shape index (κ2) is 9.50. The summed E-state index contributed by atoms with van der Waals surface area (Å²) in [5, 5.41) is 2.95. The van der Waals surface area contributed by atoms with E-state index in [9.17, 15) is 4.79 Å². The molecule has 0 saturated heterocycles. The normalized spacial score (nSPS) is 15.8. The number of nitrogens with one attached hydrogen (secondary N) is 1. The number of hydrogen-bond donors (Lipinski definition) is 1. The number of pyridine rings is 1. The lowest BCUT2D eigenvalue weighted by Gasteiger charge is -2.21. The molecule has 1 aromatic rings. The van der Waals surface area contributed by atoms with Crippen LogP contribution in [-0.2, 0) is 16.0 Å². The lowest BCUT2D eigenvalue weighted by Crippen LogP contribution is -2.26. The summed E-state index contributed by atoms with van der Waals surface area (Å²) in [4.78, 5) is 15.8. The highest BCUT2D eigenvalue weighted by Gasteiger charge is 2.13. The van der Waals surface area contributed by atoms with Gasteiger partial charge in [0.25, 0.3) is 0 Å². The van der Waals surface area contributed by atoms with Crippen molar-refractivity contribution in [3.63, 3.8) is 0 Å². The van der Waals surface area contributed by atoms with Gasteiger partial charge in [0, 0.05) is 32.0 Å². The molecule has 0 bridgehead atoms. The van der Waals surface area contributed by atoms with Crippen molar-refractivity contribution in [1.29, 1.82) is 0 Å². The summed E-state index contributed by atoms with van der Waals surface area (Å²) in [5.41, 5.74) is 1.10. The maximum absolute atomic E-state index is 11.7. The van der Waals surface area contributed by atoms with Crippen LogP contribution in [0.3, 0.4) is 0 Å². The topological polar surface area (TPSA) is 51.2 Å². The van der Waals surface area contributed by atoms with Crippen LogP contribution in [0.1, 0.15) is 50.5 Å². The van der Waals surface area contributed by atoms with Crippen LogP contribution < -0.4 is 5.32 Å². The van der Waals surface area contributed by atoms with Gasteiger partial charge < -0.3 is 10.1 Å². The molecule has 2 rings (SSSR count). The second-order valence-corrected chi connectivity index (χ2v) is 5.70. The SMILES string of the molecule is O=C(CCc1cccnc1)NCCCOC1CCCCC1. The number of ether oxygens (including phenoxy) is 1. The molecule has 4 heteroatoms. The molecule has 1 aromatic heterocycles. The number of carbonyl (C=O) groups excluding carboxylic acids is 1. The zero-order valence-corrected chi connectivity index (χ0v) is 12.7. The van der Waals surface area contributed by atoms with E-state index in [2.05, 4.69) is 10.3 Å². The van der Waals surface area contributed by atoms with Crippen molar-refractivity contribution >= 4 is 5.91 Å². The number of nitrogens with zero attached hydrogens (tertiary/aromatic N) is 1. The molecule has 1 amide bonds. The van der Waals surface area contributed by atoms with Crippen LogP contribution in [0.2, 0.25) is 0 Å². The minimum atomic E-state index is 0.108. The van der Waals surface area contributed by atoms with E-state index in [1.807, 2.05) is 18.3 Å². The van der Waals surface area contributed by atoms with Gasteiger partial charge in [0.15, 0.2) is 0 Å². The quantitative estimate of drug-likeness (QED) is 0.749. The van der Waals surface area contributed by atoms with Gasteiger partial charge in [0.2, 0.25) is 5.91 Å². The van der Waals surface area contributed by atoms with Crippen molar-refractivity contribution in [3.8, 4) is 0 Å². The van der Waals surface area contributed by atoms with Gasteiger partial charge in [-0.1, -0.05) is 25.3 Å². The number of aryl methyl sites for hydroxylation is 1. The molecular weight excluding hydrogens is 264 g/mol. The smallest absolute Gasteiger partial charge is 0.220 e. The largest absolute Gasteiger partial charge is 0.378 e. The van der Waals surface area contributed by atoms with Crippen LogP contribution in [-0.4, -0.2) is 30.1 Å². The summed E-state index contributed by atoms with van der Waals surface area (Å²) < 4.78 is 5.83. The third-order valence-electron chi connectivity index (χ3n) is 3.91. The van der Waals surface area contributed by atoms with Gasteiger partial charge in [-0.25, -0.2) is 0 Å². The van der Waals surface area contributed by atoms with E-state index in [0.717, 1.165) is 25.0 Å². The first-order chi connectivity index (χ1) is 10.3. The van der Waals surface area contributed by atoms with E-state index < -0.39 is 0 Å². The molecule has 0 radical (unpaired) electrons. The van der Waals surface area contributed by atoms with Crippen molar-refractivity contribution in [1.82, 2.24) is 10.3 Å². The molecule has 0 aromatic carbocycles. The number of carbonyl (C=O) groups is 1. The maximum atomic E-state index is 11.7. The first-order valence-electron chi connectivity index (χ1n) is 8.12. The fraction of sp³-hybridized carbons (Fsp3) is 0.647.